The molecule has 3 rings (SSSR count). The summed E-state index contributed by atoms with van der Waals surface area (Å²) in [4.78, 5) is -0.0333. The van der Waals surface area contributed by atoms with Gasteiger partial charge in [-0.25, -0.2) is 21.6 Å². The molecular formula is C18H22N2O6S2. The monoisotopic (exact) mass is 426 g/mol. The summed E-state index contributed by atoms with van der Waals surface area (Å²) >= 11 is 0. The maximum Gasteiger partial charge on any atom is 0.240 e. The van der Waals surface area contributed by atoms with Crippen LogP contribution >= 0.6 is 0 Å². The van der Waals surface area contributed by atoms with Gasteiger partial charge in [-0.05, 0) is 30.2 Å². The molecule has 0 saturated heterocycles. The molecule has 28 heavy (non-hydrogen) atoms. The van der Waals surface area contributed by atoms with Gasteiger partial charge in [-0.15, -0.1) is 0 Å². The zero-order valence-electron chi connectivity index (χ0n) is 15.6. The molecule has 2 aromatic carbocycles. The molecule has 0 aliphatic carbocycles. The molecule has 0 radical (unpaired) electrons. The van der Waals surface area contributed by atoms with E-state index in [4.69, 9.17) is 9.47 Å². The van der Waals surface area contributed by atoms with Crippen LogP contribution < -0.4 is 18.5 Å². The number of methoxy groups -OCH3 is 2. The molecule has 0 amide bonds. The van der Waals surface area contributed by atoms with E-state index in [9.17, 15) is 16.8 Å². The average molecular weight is 427 g/mol. The standard InChI is InChI=1S/C18H22N2O6S2/c1-25-17-8-7-15(13-18(17)26-2)28(23,24)19-10-12-27(21,22)20-11-9-14-5-3-4-6-16(14)20/h3-8,13,19H,9-12H2,1-2H3. The van der Waals surface area contributed by atoms with E-state index in [1.807, 2.05) is 12.1 Å². The molecule has 1 aliphatic heterocycles. The Hall–Kier alpha value is -2.30. The highest BCUT2D eigenvalue weighted by Crippen LogP contribution is 2.30. The number of para-hydroxylation sites is 1. The zero-order chi connectivity index (χ0) is 20.4. The molecule has 1 heterocycles. The summed E-state index contributed by atoms with van der Waals surface area (Å²) in [6.45, 7) is 0.127. The molecule has 10 heteroatoms. The number of benzene rings is 2. The van der Waals surface area contributed by atoms with Gasteiger partial charge < -0.3 is 9.47 Å². The van der Waals surface area contributed by atoms with E-state index in [2.05, 4.69) is 4.72 Å². The van der Waals surface area contributed by atoms with Crippen molar-refractivity contribution in [1.29, 1.82) is 0 Å². The minimum absolute atomic E-state index is 0.0333. The molecule has 0 saturated carbocycles. The van der Waals surface area contributed by atoms with Crippen molar-refractivity contribution in [2.24, 2.45) is 0 Å². The lowest BCUT2D eigenvalue weighted by Crippen LogP contribution is -2.36. The second-order valence-corrected chi connectivity index (χ2v) is 9.96. The van der Waals surface area contributed by atoms with Crippen molar-refractivity contribution in [2.75, 3.05) is 37.4 Å². The quantitative estimate of drug-likeness (QED) is 0.684. The fourth-order valence-corrected chi connectivity index (χ4v) is 5.68. The molecule has 0 spiro atoms. The van der Waals surface area contributed by atoms with Crippen LogP contribution in [0.15, 0.2) is 47.4 Å². The van der Waals surface area contributed by atoms with E-state index in [1.165, 1.54) is 36.7 Å². The Bertz CT molecular complexity index is 1070. The lowest BCUT2D eigenvalue weighted by atomic mass is 10.2. The largest absolute Gasteiger partial charge is 0.493 e. The normalized spacial score (nSPS) is 14.0. The molecule has 1 aliphatic rings. The van der Waals surface area contributed by atoms with E-state index in [1.54, 1.807) is 12.1 Å². The van der Waals surface area contributed by atoms with Crippen molar-refractivity contribution in [3.8, 4) is 11.5 Å². The fourth-order valence-electron chi connectivity index (χ4n) is 3.08. The number of nitrogens with one attached hydrogen (secondary N) is 1. The number of sulfonamides is 2. The Kier molecular flexibility index (Phi) is 5.82. The van der Waals surface area contributed by atoms with Crippen molar-refractivity contribution in [3.63, 3.8) is 0 Å². The first kappa shape index (κ1) is 20.4. The first-order chi connectivity index (χ1) is 13.3. The van der Waals surface area contributed by atoms with Crippen molar-refractivity contribution in [3.05, 3.63) is 48.0 Å². The van der Waals surface area contributed by atoms with E-state index in [0.717, 1.165) is 5.56 Å². The summed E-state index contributed by atoms with van der Waals surface area (Å²) < 4.78 is 64.2. The highest BCUT2D eigenvalue weighted by Gasteiger charge is 2.29. The average Bonchev–Trinajstić information content (AvgIpc) is 3.12. The van der Waals surface area contributed by atoms with Crippen LogP contribution in [0.1, 0.15) is 5.56 Å². The molecule has 0 atom stereocenters. The third-order valence-corrected chi connectivity index (χ3v) is 7.73. The lowest BCUT2D eigenvalue weighted by molar-refractivity contribution is 0.354. The summed E-state index contributed by atoms with van der Waals surface area (Å²) in [5, 5.41) is 0. The maximum absolute atomic E-state index is 12.7. The molecule has 0 unspecified atom stereocenters. The van der Waals surface area contributed by atoms with Gasteiger partial charge in [-0.2, -0.15) is 0 Å². The van der Waals surface area contributed by atoms with Crippen molar-refractivity contribution in [1.82, 2.24) is 4.72 Å². The van der Waals surface area contributed by atoms with Gasteiger partial charge in [-0.1, -0.05) is 18.2 Å². The van der Waals surface area contributed by atoms with Crippen molar-refractivity contribution >= 4 is 25.7 Å². The molecule has 0 fully saturated rings. The number of ether oxygens (including phenoxy) is 2. The number of anilines is 1. The Morgan fingerprint density at radius 1 is 1.00 bits per heavy atom. The van der Waals surface area contributed by atoms with Gasteiger partial charge in [0.25, 0.3) is 0 Å². The highest BCUT2D eigenvalue weighted by atomic mass is 32.2. The molecule has 0 aromatic heterocycles. The SMILES string of the molecule is COc1ccc(S(=O)(=O)NCCS(=O)(=O)N2CCc3ccccc32)cc1OC. The van der Waals surface area contributed by atoms with Gasteiger partial charge in [0.05, 0.1) is 30.6 Å². The van der Waals surface area contributed by atoms with Crippen LogP contribution in [-0.2, 0) is 26.5 Å². The minimum Gasteiger partial charge on any atom is -0.493 e. The van der Waals surface area contributed by atoms with Crippen LogP contribution in [0.25, 0.3) is 0 Å². The van der Waals surface area contributed by atoms with Gasteiger partial charge >= 0.3 is 0 Å². The van der Waals surface area contributed by atoms with Crippen molar-refractivity contribution in [2.45, 2.75) is 11.3 Å². The fraction of sp³-hybridized carbons (Fsp3) is 0.333. The van der Waals surface area contributed by atoms with Gasteiger partial charge in [-0.3, -0.25) is 4.31 Å². The highest BCUT2D eigenvalue weighted by molar-refractivity contribution is 7.93. The number of rotatable bonds is 8. The third-order valence-electron chi connectivity index (χ3n) is 4.50. The smallest absolute Gasteiger partial charge is 0.240 e. The summed E-state index contributed by atoms with van der Waals surface area (Å²) in [6.07, 6.45) is 0.646. The van der Waals surface area contributed by atoms with E-state index < -0.39 is 20.0 Å². The second kappa shape index (κ2) is 7.98. The molecule has 0 bridgehead atoms. The first-order valence-corrected chi connectivity index (χ1v) is 11.7. The van der Waals surface area contributed by atoms with Gasteiger partial charge in [0.15, 0.2) is 11.5 Å². The molecule has 8 nitrogen and oxygen atoms in total. The van der Waals surface area contributed by atoms with Crippen LogP contribution in [0.2, 0.25) is 0 Å². The number of fused-ring (bicyclic) bond motifs is 1. The Labute approximate surface area is 165 Å². The number of hydrogen-bond acceptors (Lipinski definition) is 6. The topological polar surface area (TPSA) is 102 Å². The predicted molar refractivity (Wildman–Crippen MR) is 106 cm³/mol. The Morgan fingerprint density at radius 2 is 1.71 bits per heavy atom. The summed E-state index contributed by atoms with van der Waals surface area (Å²) in [5.74, 6) is 0.330. The van der Waals surface area contributed by atoms with Gasteiger partial charge in [0.1, 0.15) is 0 Å². The molecule has 152 valence electrons. The third kappa shape index (κ3) is 4.08. The minimum atomic E-state index is -3.89. The van der Waals surface area contributed by atoms with Crippen LogP contribution in [-0.4, -0.2) is 49.9 Å². The molecule has 1 N–H and O–H groups in total. The Balaban J connectivity index is 1.69. The molecule has 2 aromatic rings. The second-order valence-electron chi connectivity index (χ2n) is 6.18. The number of nitrogens with zero attached hydrogens (tertiary/aromatic N) is 1. The van der Waals surface area contributed by atoms with Crippen LogP contribution in [0.5, 0.6) is 11.5 Å². The summed E-state index contributed by atoms with van der Waals surface area (Å²) in [7, 11) is -4.68. The summed E-state index contributed by atoms with van der Waals surface area (Å²) in [5.41, 5.74) is 1.63. The predicted octanol–water partition coefficient (Wildman–Crippen LogP) is 1.37. The Morgan fingerprint density at radius 3 is 2.43 bits per heavy atom. The van der Waals surface area contributed by atoms with E-state index >= 15 is 0 Å². The van der Waals surface area contributed by atoms with Crippen LogP contribution in [0.3, 0.4) is 0 Å². The van der Waals surface area contributed by atoms with Crippen LogP contribution in [0.4, 0.5) is 5.69 Å². The van der Waals surface area contributed by atoms with Gasteiger partial charge in [0.2, 0.25) is 20.0 Å². The lowest BCUT2D eigenvalue weighted by Gasteiger charge is -2.19. The summed E-state index contributed by atoms with van der Waals surface area (Å²) in [6, 6.07) is 11.5. The van der Waals surface area contributed by atoms with E-state index in [-0.39, 0.29) is 22.9 Å². The van der Waals surface area contributed by atoms with E-state index in [0.29, 0.717) is 24.4 Å². The maximum atomic E-state index is 12.7. The van der Waals surface area contributed by atoms with Crippen molar-refractivity contribution < 1.29 is 26.3 Å². The van der Waals surface area contributed by atoms with Gasteiger partial charge in [0, 0.05) is 19.2 Å². The molecular weight excluding hydrogens is 404 g/mol. The number of hydrogen-bond donors (Lipinski definition) is 1. The zero-order valence-corrected chi connectivity index (χ0v) is 17.2. The first-order valence-electron chi connectivity index (χ1n) is 8.58. The van der Waals surface area contributed by atoms with Crippen LogP contribution in [0, 0.1) is 0 Å².